The van der Waals surface area contributed by atoms with Gasteiger partial charge in [0, 0.05) is 18.3 Å². The van der Waals surface area contributed by atoms with E-state index in [1.165, 1.54) is 12.4 Å². The Kier molecular flexibility index (Phi) is 6.14. The lowest BCUT2D eigenvalue weighted by Gasteiger charge is -2.39. The number of likely N-dealkylation sites (tertiary alicyclic amines) is 1. The van der Waals surface area contributed by atoms with E-state index >= 15 is 0 Å². The van der Waals surface area contributed by atoms with Gasteiger partial charge in [0.1, 0.15) is 24.4 Å². The second kappa shape index (κ2) is 9.32. The van der Waals surface area contributed by atoms with E-state index in [0.717, 1.165) is 24.3 Å². The summed E-state index contributed by atoms with van der Waals surface area (Å²) < 4.78 is 5.82. The summed E-state index contributed by atoms with van der Waals surface area (Å²) in [5.74, 6) is 2.12. The molecule has 1 atom stereocenters. The maximum Gasteiger partial charge on any atom is 0.246 e. The molecule has 1 aliphatic rings. The van der Waals surface area contributed by atoms with Crippen molar-refractivity contribution in [3.05, 3.63) is 90.9 Å². The standard InChI is InChI=1S/C24H23N5O2/c1-2-22(30)29-13-12-18(29)14-27-24-21(15-26-16-28-24)23(25)17-8-10-20(11-9-17)31-19-6-4-3-5-7-19/h2-11,15-16,18,25H,1,12-14H2,(H,26,27,28)/p+1. The summed E-state index contributed by atoms with van der Waals surface area (Å²) in [6.45, 7) is 5.00. The van der Waals surface area contributed by atoms with Crippen LogP contribution in [0.15, 0.2) is 79.8 Å². The highest BCUT2D eigenvalue weighted by Gasteiger charge is 2.32. The lowest BCUT2D eigenvalue weighted by atomic mass is 10.0. The number of para-hydroxylation sites is 1. The predicted octanol–water partition coefficient (Wildman–Crippen LogP) is 2.67. The second-order valence-corrected chi connectivity index (χ2v) is 7.25. The van der Waals surface area contributed by atoms with Gasteiger partial charge in [0.25, 0.3) is 0 Å². The normalized spacial score (nSPS) is 15.1. The molecule has 1 unspecified atom stereocenters. The number of nitrogens with one attached hydrogen (secondary N) is 1. The summed E-state index contributed by atoms with van der Waals surface area (Å²) in [5, 5.41) is 10.6. The van der Waals surface area contributed by atoms with Gasteiger partial charge in [0.15, 0.2) is 0 Å². The van der Waals surface area contributed by atoms with E-state index in [1.54, 1.807) is 11.1 Å². The zero-order chi connectivity index (χ0) is 21.6. The quantitative estimate of drug-likeness (QED) is 0.438. The number of quaternary nitrogens is 1. The molecule has 7 heteroatoms. The van der Waals surface area contributed by atoms with Crippen molar-refractivity contribution < 1.29 is 14.8 Å². The molecule has 1 saturated heterocycles. The van der Waals surface area contributed by atoms with Crippen molar-refractivity contribution in [2.75, 3.05) is 13.1 Å². The number of ether oxygens (including phenoxy) is 1. The molecule has 2 aromatic carbocycles. The number of amides is 1. The Hall–Kier alpha value is -3.84. The fraction of sp³-hybridized carbons (Fsp3) is 0.167. The van der Waals surface area contributed by atoms with E-state index in [9.17, 15) is 4.79 Å². The predicted molar refractivity (Wildman–Crippen MR) is 118 cm³/mol. The molecular weight excluding hydrogens is 390 g/mol. The van der Waals surface area contributed by atoms with E-state index in [1.807, 2.05) is 59.9 Å². The minimum Gasteiger partial charge on any atom is -0.457 e. The zero-order valence-electron chi connectivity index (χ0n) is 17.1. The van der Waals surface area contributed by atoms with Crippen LogP contribution in [0.3, 0.4) is 0 Å². The van der Waals surface area contributed by atoms with Crippen LogP contribution < -0.4 is 10.1 Å². The van der Waals surface area contributed by atoms with Crippen LogP contribution >= 0.6 is 0 Å². The fourth-order valence-corrected chi connectivity index (χ4v) is 3.51. The Balaban J connectivity index is 1.44. The Morgan fingerprint density at radius 2 is 1.94 bits per heavy atom. The summed E-state index contributed by atoms with van der Waals surface area (Å²) >= 11 is 0. The van der Waals surface area contributed by atoms with Gasteiger partial charge in [0.05, 0.1) is 17.3 Å². The summed E-state index contributed by atoms with van der Waals surface area (Å²) in [5.41, 5.74) is 1.74. The number of nitrogens with zero attached hydrogens (tertiary/aromatic N) is 3. The van der Waals surface area contributed by atoms with Crippen LogP contribution in [0.2, 0.25) is 0 Å². The number of nitrogens with two attached hydrogens (primary N) is 1. The molecule has 3 N–H and O–H groups in total. The number of rotatable bonds is 8. The highest BCUT2D eigenvalue weighted by Crippen LogP contribution is 2.22. The maximum atomic E-state index is 11.8. The Morgan fingerprint density at radius 1 is 1.19 bits per heavy atom. The largest absolute Gasteiger partial charge is 0.457 e. The van der Waals surface area contributed by atoms with Gasteiger partial charge in [-0.25, -0.2) is 4.98 Å². The van der Waals surface area contributed by atoms with Crippen LogP contribution in [0.25, 0.3) is 0 Å². The third-order valence-corrected chi connectivity index (χ3v) is 5.32. The Labute approximate surface area is 180 Å². The lowest BCUT2D eigenvalue weighted by Crippen LogP contribution is -2.84. The van der Waals surface area contributed by atoms with Crippen LogP contribution in [-0.2, 0) is 4.79 Å². The van der Waals surface area contributed by atoms with Gasteiger partial charge in [-0.2, -0.15) is 4.98 Å². The first kappa shape index (κ1) is 20.4. The smallest absolute Gasteiger partial charge is 0.246 e. The van der Waals surface area contributed by atoms with Crippen LogP contribution in [0.4, 0.5) is 5.82 Å². The number of carbonyl (C=O) groups is 1. The number of aromatic nitrogens is 2. The van der Waals surface area contributed by atoms with Gasteiger partial charge in [-0.15, -0.1) is 0 Å². The third-order valence-electron chi connectivity index (χ3n) is 5.32. The molecule has 1 aromatic heterocycles. The summed E-state index contributed by atoms with van der Waals surface area (Å²) in [6.07, 6.45) is 5.44. The molecular formula is C24H24N5O2+. The molecule has 4 rings (SSSR count). The molecule has 0 aliphatic carbocycles. The molecule has 3 aromatic rings. The van der Waals surface area contributed by atoms with Crippen molar-refractivity contribution in [2.24, 2.45) is 0 Å². The SMILES string of the molecule is C=CC(=O)N1CCC1C[NH2+]c1ncncc1C(=N)c1ccc(Oc2ccccc2)cc1. The minimum absolute atomic E-state index is 0.0434. The average Bonchev–Trinajstić information content (AvgIpc) is 2.79. The van der Waals surface area contributed by atoms with Crippen molar-refractivity contribution in [2.45, 2.75) is 12.5 Å². The lowest BCUT2D eigenvalue weighted by molar-refractivity contribution is -0.582. The topological polar surface area (TPSA) is 95.8 Å². The van der Waals surface area contributed by atoms with Crippen LogP contribution in [0.1, 0.15) is 17.5 Å². The molecule has 2 heterocycles. The molecule has 1 amide bonds. The van der Waals surface area contributed by atoms with Gasteiger partial charge >= 0.3 is 0 Å². The van der Waals surface area contributed by atoms with Gasteiger partial charge in [0.2, 0.25) is 11.7 Å². The minimum atomic E-state index is -0.0434. The monoisotopic (exact) mass is 414 g/mol. The average molecular weight is 414 g/mol. The van der Waals surface area contributed by atoms with E-state index in [0.29, 0.717) is 29.4 Å². The molecule has 0 spiro atoms. The fourth-order valence-electron chi connectivity index (χ4n) is 3.51. The van der Waals surface area contributed by atoms with E-state index in [4.69, 9.17) is 10.1 Å². The molecule has 0 saturated carbocycles. The molecule has 1 aliphatic heterocycles. The summed E-state index contributed by atoms with van der Waals surface area (Å²) in [6, 6.07) is 17.1. The van der Waals surface area contributed by atoms with Crippen LogP contribution in [0.5, 0.6) is 11.5 Å². The Bertz CT molecular complexity index is 1080. The number of benzene rings is 2. The van der Waals surface area contributed by atoms with Crippen molar-refractivity contribution in [3.8, 4) is 11.5 Å². The highest BCUT2D eigenvalue weighted by atomic mass is 16.5. The molecule has 0 bridgehead atoms. The molecule has 7 nitrogen and oxygen atoms in total. The van der Waals surface area contributed by atoms with Crippen molar-refractivity contribution in [1.82, 2.24) is 14.9 Å². The number of hydrogen-bond donors (Lipinski definition) is 2. The second-order valence-electron chi connectivity index (χ2n) is 7.25. The van der Waals surface area contributed by atoms with Gasteiger partial charge < -0.3 is 9.64 Å². The van der Waals surface area contributed by atoms with E-state index in [2.05, 4.69) is 16.5 Å². The summed E-state index contributed by atoms with van der Waals surface area (Å²) in [7, 11) is 0. The van der Waals surface area contributed by atoms with E-state index in [-0.39, 0.29) is 11.9 Å². The molecule has 1 fully saturated rings. The number of carbonyl (C=O) groups excluding carboxylic acids is 1. The molecule has 31 heavy (non-hydrogen) atoms. The molecule has 0 radical (unpaired) electrons. The first-order valence-electron chi connectivity index (χ1n) is 10.1. The van der Waals surface area contributed by atoms with Gasteiger partial charge in [-0.1, -0.05) is 24.8 Å². The first-order valence-corrected chi connectivity index (χ1v) is 10.1. The third kappa shape index (κ3) is 4.67. The Morgan fingerprint density at radius 3 is 2.61 bits per heavy atom. The van der Waals surface area contributed by atoms with Gasteiger partial charge in [-0.05, 0) is 48.9 Å². The van der Waals surface area contributed by atoms with Gasteiger partial charge in [-0.3, -0.25) is 15.5 Å². The number of hydrogen-bond acceptors (Lipinski definition) is 5. The van der Waals surface area contributed by atoms with E-state index < -0.39 is 0 Å². The summed E-state index contributed by atoms with van der Waals surface area (Å²) in [4.78, 5) is 22.1. The van der Waals surface area contributed by atoms with Crippen molar-refractivity contribution >= 4 is 17.4 Å². The van der Waals surface area contributed by atoms with Crippen LogP contribution in [0, 0.1) is 5.41 Å². The zero-order valence-corrected chi connectivity index (χ0v) is 17.1. The maximum absolute atomic E-state index is 11.8. The highest BCUT2D eigenvalue weighted by molar-refractivity contribution is 6.12. The van der Waals surface area contributed by atoms with Crippen molar-refractivity contribution in [3.63, 3.8) is 0 Å². The van der Waals surface area contributed by atoms with Crippen LogP contribution in [-0.4, -0.2) is 45.6 Å². The molecule has 156 valence electrons. The first-order chi connectivity index (χ1) is 15.2. The van der Waals surface area contributed by atoms with Crippen molar-refractivity contribution in [1.29, 1.82) is 5.41 Å².